The van der Waals surface area contributed by atoms with E-state index in [1.54, 1.807) is 0 Å². The smallest absolute Gasteiger partial charge is 0.155 e. The normalized spacial score (nSPS) is 17.5. The molecule has 1 radical (unpaired) electrons. The van der Waals surface area contributed by atoms with Crippen LogP contribution in [0.3, 0.4) is 0 Å². The van der Waals surface area contributed by atoms with Crippen molar-refractivity contribution in [2.24, 2.45) is 0 Å². The molecule has 3 rings (SSSR count). The molecule has 0 saturated carbocycles. The van der Waals surface area contributed by atoms with Gasteiger partial charge in [0.1, 0.15) is 18.1 Å². The van der Waals surface area contributed by atoms with Crippen molar-refractivity contribution in [2.45, 2.75) is 6.10 Å². The summed E-state index contributed by atoms with van der Waals surface area (Å²) in [6, 6.07) is 16.6. The molecular formula is C15H13O3. The third kappa shape index (κ3) is 1.93. The molecule has 0 fully saturated rings. The highest BCUT2D eigenvalue weighted by molar-refractivity contribution is 5.75. The highest BCUT2D eigenvalue weighted by atomic mass is 16.5. The number of aliphatic hydroxyl groups excluding tert-OH is 1. The Bertz CT molecular complexity index is 551. The Labute approximate surface area is 106 Å². The van der Waals surface area contributed by atoms with Crippen LogP contribution in [0.5, 0.6) is 11.5 Å². The lowest BCUT2D eigenvalue weighted by atomic mass is 10.0. The van der Waals surface area contributed by atoms with Gasteiger partial charge in [0.05, 0.1) is 6.61 Å². The van der Waals surface area contributed by atoms with Crippen LogP contribution in [-0.4, -0.2) is 24.4 Å². The molecule has 1 N–H and O–H groups in total. The van der Waals surface area contributed by atoms with E-state index in [0.29, 0.717) is 6.61 Å². The Hall–Kier alpha value is -2.00. The molecule has 2 aromatic rings. The van der Waals surface area contributed by atoms with Crippen molar-refractivity contribution < 1.29 is 14.6 Å². The molecule has 0 saturated heterocycles. The second kappa shape index (κ2) is 4.70. The van der Waals surface area contributed by atoms with Crippen molar-refractivity contribution in [2.75, 3.05) is 13.2 Å². The molecule has 91 valence electrons. The molecule has 3 nitrogen and oxygen atoms in total. The van der Waals surface area contributed by atoms with Crippen molar-refractivity contribution in [1.29, 1.82) is 0 Å². The van der Waals surface area contributed by atoms with Crippen molar-refractivity contribution >= 4 is 0 Å². The molecule has 0 aromatic heterocycles. The number of ether oxygens (including phenoxy) is 2. The first-order chi connectivity index (χ1) is 8.88. The first-order valence-electron chi connectivity index (χ1n) is 5.89. The van der Waals surface area contributed by atoms with Gasteiger partial charge in [-0.2, -0.15) is 0 Å². The second-order valence-electron chi connectivity index (χ2n) is 4.14. The fourth-order valence-corrected chi connectivity index (χ4v) is 2.02. The van der Waals surface area contributed by atoms with Gasteiger partial charge in [0, 0.05) is 11.1 Å². The number of fused-ring (bicyclic) bond motifs is 3. The summed E-state index contributed by atoms with van der Waals surface area (Å²) in [5, 5.41) is 9.27. The summed E-state index contributed by atoms with van der Waals surface area (Å²) in [7, 11) is 0. The minimum Gasteiger partial charge on any atom is -0.489 e. The Kier molecular flexibility index (Phi) is 2.90. The van der Waals surface area contributed by atoms with Gasteiger partial charge >= 0.3 is 0 Å². The van der Waals surface area contributed by atoms with Gasteiger partial charge in [0.25, 0.3) is 0 Å². The summed E-state index contributed by atoms with van der Waals surface area (Å²) in [6.07, 6.45) is -0.354. The monoisotopic (exact) mass is 241 g/mol. The molecule has 2 aromatic carbocycles. The van der Waals surface area contributed by atoms with Crippen LogP contribution in [0, 0.1) is 6.07 Å². The van der Waals surface area contributed by atoms with Gasteiger partial charge in [-0.15, -0.1) is 0 Å². The van der Waals surface area contributed by atoms with Gasteiger partial charge in [0.2, 0.25) is 0 Å². The average Bonchev–Trinajstić information content (AvgIpc) is 2.42. The van der Waals surface area contributed by atoms with E-state index < -0.39 is 0 Å². The SMILES string of the molecule is OCC1COc2ccccc2-c2[c]cccc2O1. The summed E-state index contributed by atoms with van der Waals surface area (Å²) in [5.74, 6) is 1.52. The maximum Gasteiger partial charge on any atom is 0.155 e. The molecule has 1 atom stereocenters. The van der Waals surface area contributed by atoms with Crippen LogP contribution in [0.2, 0.25) is 0 Å². The maximum absolute atomic E-state index is 9.27. The number of aliphatic hydroxyl groups is 1. The largest absolute Gasteiger partial charge is 0.489 e. The molecule has 0 bridgehead atoms. The van der Waals surface area contributed by atoms with E-state index in [1.165, 1.54) is 0 Å². The zero-order valence-electron chi connectivity index (χ0n) is 9.80. The number of rotatable bonds is 1. The number of hydrogen-bond donors (Lipinski definition) is 1. The molecular weight excluding hydrogens is 228 g/mol. The van der Waals surface area contributed by atoms with Gasteiger partial charge < -0.3 is 14.6 Å². The molecule has 0 spiro atoms. The second-order valence-corrected chi connectivity index (χ2v) is 4.14. The molecule has 1 aliphatic heterocycles. The van der Waals surface area contributed by atoms with Gasteiger partial charge in [-0.05, 0) is 18.2 Å². The fourth-order valence-electron chi connectivity index (χ4n) is 2.02. The van der Waals surface area contributed by atoms with E-state index in [1.807, 2.05) is 42.5 Å². The standard InChI is InChI=1S/C15H13O3/c16-9-11-10-17-14-7-3-1-5-12(14)13-6-2-4-8-15(13)18-11/h1-5,7-8,11,16H,9-10H2. The van der Waals surface area contributed by atoms with Crippen molar-refractivity contribution in [1.82, 2.24) is 0 Å². The van der Waals surface area contributed by atoms with Crippen molar-refractivity contribution in [3.05, 3.63) is 48.5 Å². The average molecular weight is 241 g/mol. The lowest BCUT2D eigenvalue weighted by Crippen LogP contribution is -2.29. The summed E-state index contributed by atoms with van der Waals surface area (Å²) < 4.78 is 11.4. The van der Waals surface area contributed by atoms with E-state index in [0.717, 1.165) is 22.6 Å². The van der Waals surface area contributed by atoms with Crippen LogP contribution in [0.1, 0.15) is 0 Å². The van der Waals surface area contributed by atoms with E-state index in [-0.39, 0.29) is 12.7 Å². The molecule has 0 aliphatic carbocycles. The molecule has 1 heterocycles. The zero-order chi connectivity index (χ0) is 12.4. The topological polar surface area (TPSA) is 38.7 Å². The Morgan fingerprint density at radius 3 is 2.89 bits per heavy atom. The van der Waals surface area contributed by atoms with Gasteiger partial charge in [-0.1, -0.05) is 30.3 Å². The minimum absolute atomic E-state index is 0.0729. The maximum atomic E-state index is 9.27. The molecule has 0 amide bonds. The first kappa shape index (κ1) is 11.1. The molecule has 3 heteroatoms. The Balaban J connectivity index is 2.15. The summed E-state index contributed by atoms with van der Waals surface area (Å²) in [6.45, 7) is 0.262. The van der Waals surface area contributed by atoms with Gasteiger partial charge in [-0.25, -0.2) is 0 Å². The zero-order valence-corrected chi connectivity index (χ0v) is 9.80. The fraction of sp³-hybridized carbons (Fsp3) is 0.200. The van der Waals surface area contributed by atoms with E-state index >= 15 is 0 Å². The van der Waals surface area contributed by atoms with E-state index in [9.17, 15) is 5.11 Å². The summed E-state index contributed by atoms with van der Waals surface area (Å²) in [5.41, 5.74) is 1.83. The van der Waals surface area contributed by atoms with E-state index in [4.69, 9.17) is 9.47 Å². The lowest BCUT2D eigenvalue weighted by Gasteiger charge is -2.24. The third-order valence-electron chi connectivity index (χ3n) is 2.90. The molecule has 1 aliphatic rings. The summed E-state index contributed by atoms with van der Waals surface area (Å²) in [4.78, 5) is 0. The predicted molar refractivity (Wildman–Crippen MR) is 67.7 cm³/mol. The minimum atomic E-state index is -0.354. The lowest BCUT2D eigenvalue weighted by molar-refractivity contribution is 0.0705. The van der Waals surface area contributed by atoms with Crippen molar-refractivity contribution in [3.63, 3.8) is 0 Å². The highest BCUT2D eigenvalue weighted by Crippen LogP contribution is 2.37. The molecule has 18 heavy (non-hydrogen) atoms. The van der Waals surface area contributed by atoms with Crippen LogP contribution in [-0.2, 0) is 0 Å². The number of benzene rings is 2. The Morgan fingerprint density at radius 2 is 2.00 bits per heavy atom. The number of hydrogen-bond acceptors (Lipinski definition) is 3. The van der Waals surface area contributed by atoms with E-state index in [2.05, 4.69) is 6.07 Å². The van der Waals surface area contributed by atoms with Gasteiger partial charge in [0.15, 0.2) is 6.10 Å². The van der Waals surface area contributed by atoms with Crippen molar-refractivity contribution in [3.8, 4) is 22.6 Å². The Morgan fingerprint density at radius 1 is 1.17 bits per heavy atom. The van der Waals surface area contributed by atoms with Crippen LogP contribution in [0.15, 0.2) is 42.5 Å². The third-order valence-corrected chi connectivity index (χ3v) is 2.90. The van der Waals surface area contributed by atoms with Gasteiger partial charge in [-0.3, -0.25) is 0 Å². The number of para-hydroxylation sites is 1. The quantitative estimate of drug-likeness (QED) is 0.832. The summed E-state index contributed by atoms with van der Waals surface area (Å²) >= 11 is 0. The predicted octanol–water partition coefficient (Wildman–Crippen LogP) is 2.29. The highest BCUT2D eigenvalue weighted by Gasteiger charge is 2.19. The van der Waals surface area contributed by atoms with Crippen LogP contribution in [0.4, 0.5) is 0 Å². The van der Waals surface area contributed by atoms with Crippen LogP contribution < -0.4 is 9.47 Å². The first-order valence-corrected chi connectivity index (χ1v) is 5.89. The molecule has 1 unspecified atom stereocenters. The van der Waals surface area contributed by atoms with Crippen LogP contribution >= 0.6 is 0 Å². The van der Waals surface area contributed by atoms with Crippen LogP contribution in [0.25, 0.3) is 11.1 Å².